The highest BCUT2D eigenvalue weighted by Gasteiger charge is 2.29. The first kappa shape index (κ1) is 29.6. The molecule has 2 fully saturated rings. The van der Waals surface area contributed by atoms with E-state index < -0.39 is 27.0 Å². The number of benzene rings is 1. The van der Waals surface area contributed by atoms with Gasteiger partial charge in [0.25, 0.3) is 0 Å². The SMILES string of the molecule is Cc1c(CN2CCC[C@H](S(C)(=O)=O)C2)n(C(C)C)c2cc(-c3nc(N[C@@H]4CCOC[C@H]4O)ncc3F)ccc2c1=O. The quantitative estimate of drug-likeness (QED) is 0.429. The topological polar surface area (TPSA) is 127 Å². The molecule has 4 heterocycles. The Hall–Kier alpha value is -2.93. The van der Waals surface area contributed by atoms with Gasteiger partial charge in [0.05, 0.1) is 35.7 Å². The second-order valence-electron chi connectivity index (χ2n) is 11.5. The Bertz CT molecular complexity index is 1610. The van der Waals surface area contributed by atoms with Crippen LogP contribution >= 0.6 is 0 Å². The molecule has 10 nitrogen and oxygen atoms in total. The van der Waals surface area contributed by atoms with Crippen LogP contribution in [0.2, 0.25) is 0 Å². The number of anilines is 1. The van der Waals surface area contributed by atoms with E-state index in [9.17, 15) is 18.3 Å². The van der Waals surface area contributed by atoms with Crippen LogP contribution in [0.5, 0.6) is 0 Å². The zero-order valence-electron chi connectivity index (χ0n) is 23.9. The molecule has 41 heavy (non-hydrogen) atoms. The van der Waals surface area contributed by atoms with Crippen molar-refractivity contribution in [2.75, 3.05) is 37.9 Å². The predicted molar refractivity (Wildman–Crippen MR) is 156 cm³/mol. The van der Waals surface area contributed by atoms with Gasteiger partial charge in [-0.1, -0.05) is 6.07 Å². The van der Waals surface area contributed by atoms with Gasteiger partial charge in [-0.15, -0.1) is 0 Å². The van der Waals surface area contributed by atoms with Crippen molar-refractivity contribution in [1.29, 1.82) is 0 Å². The lowest BCUT2D eigenvalue weighted by Crippen LogP contribution is -2.42. The minimum Gasteiger partial charge on any atom is -0.389 e. The Morgan fingerprint density at radius 2 is 2.05 bits per heavy atom. The number of hydrogen-bond donors (Lipinski definition) is 2. The molecule has 0 saturated carbocycles. The predicted octanol–water partition coefficient (Wildman–Crippen LogP) is 3.06. The number of likely N-dealkylation sites (tertiary alicyclic amines) is 1. The van der Waals surface area contributed by atoms with Gasteiger partial charge in [0.15, 0.2) is 21.1 Å². The molecule has 0 unspecified atom stereocenters. The minimum absolute atomic E-state index is 0.0278. The monoisotopic (exact) mass is 587 g/mol. The maximum absolute atomic E-state index is 15.1. The van der Waals surface area contributed by atoms with E-state index in [2.05, 4.69) is 24.8 Å². The summed E-state index contributed by atoms with van der Waals surface area (Å²) in [7, 11) is -3.17. The Balaban J connectivity index is 1.55. The van der Waals surface area contributed by atoms with E-state index in [0.717, 1.165) is 24.9 Å². The second-order valence-corrected chi connectivity index (χ2v) is 13.8. The molecule has 2 N–H and O–H groups in total. The van der Waals surface area contributed by atoms with Crippen molar-refractivity contribution in [3.8, 4) is 11.3 Å². The van der Waals surface area contributed by atoms with Gasteiger partial charge in [-0.05, 0) is 58.7 Å². The number of sulfone groups is 1. The molecule has 2 aromatic heterocycles. The maximum Gasteiger partial charge on any atom is 0.223 e. The van der Waals surface area contributed by atoms with Crippen molar-refractivity contribution in [1.82, 2.24) is 19.4 Å². The Labute approximate surface area is 239 Å². The van der Waals surface area contributed by atoms with E-state index in [1.807, 2.05) is 20.8 Å². The third kappa shape index (κ3) is 6.15. The maximum atomic E-state index is 15.1. The molecule has 0 radical (unpaired) electrons. The molecular formula is C29H38FN5O5S. The first-order valence-electron chi connectivity index (χ1n) is 14.1. The van der Waals surface area contributed by atoms with Crippen molar-refractivity contribution in [2.45, 2.75) is 70.0 Å². The van der Waals surface area contributed by atoms with E-state index in [-0.39, 0.29) is 35.8 Å². The van der Waals surface area contributed by atoms with Gasteiger partial charge in [0.1, 0.15) is 5.69 Å². The molecule has 1 aromatic carbocycles. The molecule has 5 rings (SSSR count). The average molecular weight is 588 g/mol. The number of aliphatic hydroxyl groups excluding tert-OH is 1. The molecule has 3 atom stereocenters. The lowest BCUT2D eigenvalue weighted by atomic mass is 10.0. The summed E-state index contributed by atoms with van der Waals surface area (Å²) in [6, 6.07) is 4.84. The second kappa shape index (κ2) is 11.7. The summed E-state index contributed by atoms with van der Waals surface area (Å²) in [4.78, 5) is 24.2. The largest absolute Gasteiger partial charge is 0.389 e. The Morgan fingerprint density at radius 1 is 1.27 bits per heavy atom. The fourth-order valence-electron chi connectivity index (χ4n) is 5.93. The summed E-state index contributed by atoms with van der Waals surface area (Å²) in [5, 5.41) is 13.4. The number of piperidine rings is 1. The number of hydrogen-bond acceptors (Lipinski definition) is 9. The van der Waals surface area contributed by atoms with Crippen LogP contribution in [0.25, 0.3) is 22.2 Å². The van der Waals surface area contributed by atoms with Crippen LogP contribution in [0, 0.1) is 12.7 Å². The number of pyridine rings is 1. The van der Waals surface area contributed by atoms with Crippen molar-refractivity contribution in [3.63, 3.8) is 0 Å². The van der Waals surface area contributed by atoms with Gasteiger partial charge in [-0.25, -0.2) is 22.8 Å². The molecular weight excluding hydrogens is 549 g/mol. The molecule has 2 aliphatic heterocycles. The van der Waals surface area contributed by atoms with Gasteiger partial charge >= 0.3 is 0 Å². The number of rotatable bonds is 7. The first-order chi connectivity index (χ1) is 19.4. The number of aromatic nitrogens is 3. The smallest absolute Gasteiger partial charge is 0.223 e. The van der Waals surface area contributed by atoms with Gasteiger partial charge < -0.3 is 19.7 Å². The highest BCUT2D eigenvalue weighted by molar-refractivity contribution is 7.91. The average Bonchev–Trinajstić information content (AvgIpc) is 2.93. The van der Waals surface area contributed by atoms with E-state index in [1.165, 1.54) is 6.26 Å². The molecule has 0 bridgehead atoms. The number of nitrogens with one attached hydrogen (secondary N) is 1. The number of nitrogens with zero attached hydrogens (tertiary/aromatic N) is 4. The number of ether oxygens (including phenoxy) is 1. The summed E-state index contributed by atoms with van der Waals surface area (Å²) >= 11 is 0. The molecule has 2 aliphatic rings. The first-order valence-corrected chi connectivity index (χ1v) is 16.0. The van der Waals surface area contributed by atoms with Crippen molar-refractivity contribution >= 4 is 26.7 Å². The molecule has 2 saturated heterocycles. The van der Waals surface area contributed by atoms with Crippen molar-refractivity contribution < 1.29 is 22.7 Å². The normalized spacial score (nSPS) is 22.4. The molecule has 12 heteroatoms. The van der Waals surface area contributed by atoms with Crippen LogP contribution in [-0.4, -0.2) is 82.9 Å². The third-order valence-electron chi connectivity index (χ3n) is 8.18. The number of aliphatic hydroxyl groups is 1. The fraction of sp³-hybridized carbons (Fsp3) is 0.552. The fourth-order valence-corrected chi connectivity index (χ4v) is 7.00. The van der Waals surface area contributed by atoms with Crippen LogP contribution in [0.3, 0.4) is 0 Å². The van der Waals surface area contributed by atoms with E-state index in [4.69, 9.17) is 4.74 Å². The van der Waals surface area contributed by atoms with E-state index >= 15 is 4.39 Å². The summed E-state index contributed by atoms with van der Waals surface area (Å²) in [5.41, 5.74) is 2.58. The van der Waals surface area contributed by atoms with Crippen LogP contribution in [0.4, 0.5) is 10.3 Å². The van der Waals surface area contributed by atoms with Gasteiger partial charge in [-0.2, -0.15) is 0 Å². The van der Waals surface area contributed by atoms with Crippen molar-refractivity contribution in [2.24, 2.45) is 0 Å². The molecule has 0 amide bonds. The zero-order valence-corrected chi connectivity index (χ0v) is 24.7. The van der Waals surface area contributed by atoms with Crippen LogP contribution < -0.4 is 10.7 Å². The number of fused-ring (bicyclic) bond motifs is 1. The third-order valence-corrected chi connectivity index (χ3v) is 9.78. The standard InChI is InChI=1S/C29H38FN5O5S/c1-17(2)35-24-12-19(27-22(30)13-31-29(33-27)32-23-9-11-40-16-26(23)36)7-8-21(24)28(37)18(3)25(35)15-34-10-5-6-20(14-34)41(4,38)39/h7-8,12-13,17,20,23,26,36H,5-6,9-11,14-16H2,1-4H3,(H,31,32,33)/t20-,23+,26+/m0/s1. The van der Waals surface area contributed by atoms with E-state index in [1.54, 1.807) is 18.2 Å². The Kier molecular flexibility index (Phi) is 8.47. The summed E-state index contributed by atoms with van der Waals surface area (Å²) < 4.78 is 47.0. The highest BCUT2D eigenvalue weighted by Crippen LogP contribution is 2.29. The molecule has 0 spiro atoms. The van der Waals surface area contributed by atoms with Gasteiger partial charge in [0, 0.05) is 54.2 Å². The molecule has 3 aromatic rings. The van der Waals surface area contributed by atoms with E-state index in [0.29, 0.717) is 54.6 Å². The molecule has 0 aliphatic carbocycles. The lowest BCUT2D eigenvalue weighted by Gasteiger charge is -2.33. The minimum atomic E-state index is -3.17. The Morgan fingerprint density at radius 3 is 2.76 bits per heavy atom. The lowest BCUT2D eigenvalue weighted by molar-refractivity contribution is -0.0136. The van der Waals surface area contributed by atoms with Crippen LogP contribution in [-0.2, 0) is 21.1 Å². The van der Waals surface area contributed by atoms with Crippen molar-refractivity contribution in [3.05, 3.63) is 51.7 Å². The van der Waals surface area contributed by atoms with Crippen LogP contribution in [0.15, 0.2) is 29.2 Å². The zero-order chi connectivity index (χ0) is 29.5. The molecule has 222 valence electrons. The highest BCUT2D eigenvalue weighted by atomic mass is 32.2. The van der Waals surface area contributed by atoms with Gasteiger partial charge in [-0.3, -0.25) is 9.69 Å². The summed E-state index contributed by atoms with van der Waals surface area (Å²) in [6.45, 7) is 8.18. The number of halogens is 1. The summed E-state index contributed by atoms with van der Waals surface area (Å²) in [6.07, 6.45) is 3.64. The van der Waals surface area contributed by atoms with Crippen LogP contribution in [0.1, 0.15) is 50.4 Å². The van der Waals surface area contributed by atoms with Gasteiger partial charge in [0.2, 0.25) is 5.95 Å². The summed E-state index contributed by atoms with van der Waals surface area (Å²) in [5.74, 6) is -0.405.